The highest BCUT2D eigenvalue weighted by molar-refractivity contribution is 5.91. The SMILES string of the molecule is [2H]NC(CCNC(=O)C(CC[NH3+])NC(=O)C(C)c1ccc(CC(C)C)cc1)C(=O)NCC1CCC(C(=O)NC(Cc2ccc3ccccc3c2)C(=O)NCCCCC(NC(=O)NC(CCC(=O)O)C(=O)O)C(=O)O)CC1. The maximum Gasteiger partial charge on any atom is 0.326 e. The summed E-state index contributed by atoms with van der Waals surface area (Å²) in [4.78, 5) is 114. The van der Waals surface area contributed by atoms with Gasteiger partial charge in [0.05, 0.1) is 18.5 Å². The molecule has 1 aliphatic rings. The summed E-state index contributed by atoms with van der Waals surface area (Å²) in [6.45, 7) is 7.00. The number of carboxylic acid groups (broad SMARTS) is 3. The Morgan fingerprint density at radius 2 is 1.25 bits per heavy atom. The molecule has 21 heteroatoms. The largest absolute Gasteiger partial charge is 0.481 e. The van der Waals surface area contributed by atoms with Gasteiger partial charge >= 0.3 is 23.9 Å². The van der Waals surface area contributed by atoms with Crippen molar-refractivity contribution in [3.8, 4) is 0 Å². The number of urea groups is 1. The molecule has 6 atom stereocenters. The number of nitrogens with one attached hydrogen (secondary N) is 7. The lowest BCUT2D eigenvalue weighted by atomic mass is 9.81. The molecule has 0 spiro atoms. The number of nitrogens with two attached hydrogens (primary N) is 1. The molecule has 7 amide bonds. The first-order valence-corrected chi connectivity index (χ1v) is 26.0. The number of quaternary nitrogens is 1. The number of carbonyl (C=O) groups is 9. The zero-order valence-corrected chi connectivity index (χ0v) is 43.3. The molecule has 1 saturated carbocycles. The molecule has 75 heavy (non-hydrogen) atoms. The maximum atomic E-state index is 13.8. The van der Waals surface area contributed by atoms with E-state index < -0.39 is 96.5 Å². The van der Waals surface area contributed by atoms with Crippen LogP contribution in [0.3, 0.4) is 0 Å². The van der Waals surface area contributed by atoms with Crippen molar-refractivity contribution in [1.82, 2.24) is 37.2 Å². The van der Waals surface area contributed by atoms with Crippen LogP contribution >= 0.6 is 0 Å². The minimum atomic E-state index is -1.54. The Hall–Kier alpha value is -7.13. The minimum Gasteiger partial charge on any atom is -0.481 e. The number of benzene rings is 3. The molecule has 0 heterocycles. The summed E-state index contributed by atoms with van der Waals surface area (Å²) in [5.74, 6) is -6.27. The molecule has 0 aliphatic heterocycles. The average molecular weight is 1050 g/mol. The van der Waals surface area contributed by atoms with Crippen LogP contribution in [0.2, 0.25) is 1.41 Å². The molecule has 21 nitrogen and oxygen atoms in total. The molecule has 0 bridgehead atoms. The van der Waals surface area contributed by atoms with Crippen molar-refractivity contribution < 1.29 is 65.6 Å². The van der Waals surface area contributed by atoms with E-state index in [1.54, 1.807) is 6.92 Å². The zero-order chi connectivity index (χ0) is 55.7. The van der Waals surface area contributed by atoms with Crippen molar-refractivity contribution in [1.29, 1.82) is 0 Å². The lowest BCUT2D eigenvalue weighted by Gasteiger charge is -2.29. The van der Waals surface area contributed by atoms with Gasteiger partial charge < -0.3 is 64.0 Å². The lowest BCUT2D eigenvalue weighted by molar-refractivity contribution is -0.368. The van der Waals surface area contributed by atoms with Gasteiger partial charge in [0.1, 0.15) is 25.6 Å². The maximum absolute atomic E-state index is 13.8. The summed E-state index contributed by atoms with van der Waals surface area (Å²) in [5.41, 5.74) is 8.97. The quantitative estimate of drug-likeness (QED) is 0.0399. The monoisotopic (exact) mass is 1050 g/mol. The Morgan fingerprint density at radius 3 is 1.88 bits per heavy atom. The van der Waals surface area contributed by atoms with Gasteiger partial charge in [-0.2, -0.15) is 0 Å². The van der Waals surface area contributed by atoms with Gasteiger partial charge in [0.15, 0.2) is 0 Å². The second kappa shape index (κ2) is 30.9. The van der Waals surface area contributed by atoms with E-state index in [-0.39, 0.29) is 56.5 Å². The Bertz CT molecular complexity index is 2440. The molecule has 0 radical (unpaired) electrons. The van der Waals surface area contributed by atoms with Crippen LogP contribution in [0.15, 0.2) is 66.7 Å². The van der Waals surface area contributed by atoms with Crippen LogP contribution in [0.4, 0.5) is 4.79 Å². The van der Waals surface area contributed by atoms with E-state index in [1.165, 1.54) is 5.56 Å². The van der Waals surface area contributed by atoms with Gasteiger partial charge in [-0.15, -0.1) is 0 Å². The molecular formula is C54H78N9O12+. The number of carboxylic acids is 3. The number of hydrogen-bond acceptors (Lipinski definition) is 10. The minimum absolute atomic E-state index is 0.0546. The molecule has 6 unspecified atom stereocenters. The first-order valence-electron chi connectivity index (χ1n) is 26.5. The molecule has 0 aromatic heterocycles. The van der Waals surface area contributed by atoms with Crippen LogP contribution in [-0.2, 0) is 51.2 Å². The van der Waals surface area contributed by atoms with Crippen molar-refractivity contribution in [2.45, 2.75) is 140 Å². The highest BCUT2D eigenvalue weighted by Gasteiger charge is 2.31. The molecule has 0 saturated heterocycles. The van der Waals surface area contributed by atoms with E-state index in [0.29, 0.717) is 57.5 Å². The predicted molar refractivity (Wildman–Crippen MR) is 280 cm³/mol. The number of carbonyl (C=O) groups excluding carboxylic acids is 6. The van der Waals surface area contributed by atoms with Crippen molar-refractivity contribution >= 4 is 64.2 Å². The topological polar surface area (TPSA) is 352 Å². The molecule has 1 fully saturated rings. The van der Waals surface area contributed by atoms with E-state index >= 15 is 0 Å². The van der Waals surface area contributed by atoms with Crippen molar-refractivity contribution in [3.63, 3.8) is 0 Å². The fourth-order valence-corrected chi connectivity index (χ4v) is 8.98. The summed E-state index contributed by atoms with van der Waals surface area (Å²) < 4.78 is 7.81. The van der Waals surface area contributed by atoms with Crippen LogP contribution in [0, 0.1) is 17.8 Å². The van der Waals surface area contributed by atoms with Gasteiger partial charge in [-0.1, -0.05) is 80.6 Å². The van der Waals surface area contributed by atoms with Crippen LogP contribution < -0.4 is 48.7 Å². The smallest absolute Gasteiger partial charge is 0.326 e. The molecular weight excluding hydrogens is 967 g/mol. The van der Waals surface area contributed by atoms with Crippen molar-refractivity contribution in [2.75, 3.05) is 26.2 Å². The second-order valence-electron chi connectivity index (χ2n) is 19.9. The normalized spacial score (nSPS) is 16.9. The summed E-state index contributed by atoms with van der Waals surface area (Å²) in [5, 5.41) is 48.5. The van der Waals surface area contributed by atoms with Gasteiger partial charge in [0.25, 0.3) is 0 Å². The Labute approximate surface area is 439 Å². The van der Waals surface area contributed by atoms with Crippen LogP contribution in [-0.4, -0.2) is 125 Å². The van der Waals surface area contributed by atoms with Crippen LogP contribution in [0.5, 0.6) is 0 Å². The Morgan fingerprint density at radius 1 is 0.627 bits per heavy atom. The van der Waals surface area contributed by atoms with Crippen LogP contribution in [0.25, 0.3) is 10.8 Å². The second-order valence-corrected chi connectivity index (χ2v) is 19.9. The van der Waals surface area contributed by atoms with E-state index in [0.717, 1.165) is 28.3 Å². The zero-order valence-electron chi connectivity index (χ0n) is 44.3. The molecule has 15 N–H and O–H groups in total. The molecule has 410 valence electrons. The van der Waals surface area contributed by atoms with Crippen LogP contribution in [0.1, 0.15) is 114 Å². The molecule has 3 aromatic rings. The van der Waals surface area contributed by atoms with Gasteiger partial charge in [-0.25, -0.2) is 14.4 Å². The third-order valence-corrected chi connectivity index (χ3v) is 13.4. The fourth-order valence-electron chi connectivity index (χ4n) is 8.98. The Kier molecular flexibility index (Phi) is 24.2. The summed E-state index contributed by atoms with van der Waals surface area (Å²) in [7, 11) is 0. The number of rotatable bonds is 32. The third-order valence-electron chi connectivity index (χ3n) is 13.4. The number of fused-ring (bicyclic) bond motifs is 1. The third kappa shape index (κ3) is 21.0. The van der Waals surface area contributed by atoms with Gasteiger partial charge in [-0.3, -0.25) is 28.8 Å². The molecule has 3 aromatic carbocycles. The average Bonchev–Trinajstić information content (AvgIpc) is 3.39. The predicted octanol–water partition coefficient (Wildman–Crippen LogP) is 2.10. The summed E-state index contributed by atoms with van der Waals surface area (Å²) >= 11 is 0. The number of amides is 7. The first-order chi connectivity index (χ1) is 36.3. The van der Waals surface area contributed by atoms with Gasteiger partial charge in [0, 0.05) is 44.8 Å². The van der Waals surface area contributed by atoms with Gasteiger partial charge in [0.2, 0.25) is 29.5 Å². The van der Waals surface area contributed by atoms with E-state index in [9.17, 15) is 53.4 Å². The number of aliphatic carboxylic acids is 3. The first kappa shape index (κ1) is 58.8. The van der Waals surface area contributed by atoms with Gasteiger partial charge in [-0.05, 0) is 110 Å². The Balaban J connectivity index is 1.24. The highest BCUT2D eigenvalue weighted by Crippen LogP contribution is 2.29. The van der Waals surface area contributed by atoms with E-state index in [1.807, 2.05) is 66.7 Å². The standard InChI is InChI=1S/C54H77N9O12/c1-32(2)28-34-11-16-37(17-12-34)33(3)47(66)60-42(23-25-55)50(69)58-27-24-41(56)49(68)59-31-35-13-19-39(20-14-35)48(67)61-45(30-36-15-18-38-8-4-5-9-40(38)29-36)51(70)57-26-7-6-10-43(52(71)72)62-54(75)63-44(53(73)74)21-22-46(64)65/h4-5,8-9,11-12,15-18,29,32-33,35,39,41-45H,6-7,10,13-14,19-28,30-31,55-56H2,1-3H3,(H,57,70)(H,58,69)(H,59,68)(H,60,66)(H,61,67)(H,64,65)(H,71,72)(H,73,74)(H2,62,63,75)/p+1/i/hD. The van der Waals surface area contributed by atoms with Crippen molar-refractivity contribution in [3.05, 3.63) is 83.4 Å². The molecule has 1 aliphatic carbocycles. The van der Waals surface area contributed by atoms with E-state index in [4.69, 9.17) is 6.52 Å². The highest BCUT2D eigenvalue weighted by atomic mass is 16.4. The van der Waals surface area contributed by atoms with E-state index in [2.05, 4.69) is 62.5 Å². The lowest BCUT2D eigenvalue weighted by Crippen LogP contribution is -2.56. The van der Waals surface area contributed by atoms with Crippen molar-refractivity contribution in [2.24, 2.45) is 23.5 Å². The fraction of sp³-hybridized carbons (Fsp3) is 0.537. The number of unbranched alkanes of at least 4 members (excludes halogenated alkanes) is 1. The number of hydrogen-bond donors (Lipinski definition) is 12. The summed E-state index contributed by atoms with van der Waals surface area (Å²) in [6.07, 6.45) is 3.35. The molecule has 4 rings (SSSR count). The summed E-state index contributed by atoms with van der Waals surface area (Å²) in [6, 6.07) is 14.7.